The summed E-state index contributed by atoms with van der Waals surface area (Å²) in [6.45, 7) is 1.48. The van der Waals surface area contributed by atoms with Gasteiger partial charge in [0.25, 0.3) is 0 Å². The van der Waals surface area contributed by atoms with Gasteiger partial charge in [-0.3, -0.25) is 4.90 Å². The van der Waals surface area contributed by atoms with E-state index >= 15 is 0 Å². The van der Waals surface area contributed by atoms with Crippen molar-refractivity contribution in [3.8, 4) is 11.5 Å². The van der Waals surface area contributed by atoms with E-state index in [1.807, 2.05) is 18.2 Å². The van der Waals surface area contributed by atoms with Crippen molar-refractivity contribution in [3.05, 3.63) is 23.8 Å². The molecule has 6 heteroatoms. The van der Waals surface area contributed by atoms with Crippen LogP contribution in [0.5, 0.6) is 11.5 Å². The van der Waals surface area contributed by atoms with E-state index in [0.29, 0.717) is 6.54 Å². The summed E-state index contributed by atoms with van der Waals surface area (Å²) in [6, 6.07) is 5.96. The Morgan fingerprint density at radius 1 is 1.29 bits per heavy atom. The number of methoxy groups -OCH3 is 2. The van der Waals surface area contributed by atoms with E-state index in [9.17, 15) is 8.42 Å². The smallest absolute Gasteiger partial charge is 0.148 e. The Labute approximate surface area is 126 Å². The van der Waals surface area contributed by atoms with Crippen molar-refractivity contribution >= 4 is 9.84 Å². The summed E-state index contributed by atoms with van der Waals surface area (Å²) < 4.78 is 33.5. The van der Waals surface area contributed by atoms with Gasteiger partial charge < -0.3 is 9.47 Å². The molecule has 1 aromatic rings. The molecular formula is C15H23NO4S. The Morgan fingerprint density at radius 3 is 2.67 bits per heavy atom. The van der Waals surface area contributed by atoms with Crippen molar-refractivity contribution in [2.24, 2.45) is 0 Å². The summed E-state index contributed by atoms with van der Waals surface area (Å²) in [6.07, 6.45) is 3.35. The molecule has 118 valence electrons. The third kappa shape index (κ3) is 4.11. The minimum absolute atomic E-state index is 0.190. The predicted molar refractivity (Wildman–Crippen MR) is 82.8 cm³/mol. The van der Waals surface area contributed by atoms with Gasteiger partial charge in [-0.15, -0.1) is 0 Å². The van der Waals surface area contributed by atoms with Gasteiger partial charge in [0.05, 0.1) is 20.0 Å². The van der Waals surface area contributed by atoms with E-state index in [-0.39, 0.29) is 11.8 Å². The lowest BCUT2D eigenvalue weighted by Crippen LogP contribution is -2.29. The highest BCUT2D eigenvalue weighted by molar-refractivity contribution is 7.90. The van der Waals surface area contributed by atoms with Crippen molar-refractivity contribution in [1.29, 1.82) is 0 Å². The molecule has 0 aromatic heterocycles. The zero-order valence-electron chi connectivity index (χ0n) is 12.8. The zero-order valence-corrected chi connectivity index (χ0v) is 13.6. The van der Waals surface area contributed by atoms with E-state index in [4.69, 9.17) is 9.47 Å². The Balaban J connectivity index is 2.22. The van der Waals surface area contributed by atoms with Crippen molar-refractivity contribution < 1.29 is 17.9 Å². The number of hydrogen-bond acceptors (Lipinski definition) is 5. The summed E-state index contributed by atoms with van der Waals surface area (Å²) >= 11 is 0. The van der Waals surface area contributed by atoms with Crippen LogP contribution < -0.4 is 9.47 Å². The Kier molecular flexibility index (Phi) is 5.11. The fourth-order valence-electron chi connectivity index (χ4n) is 2.83. The van der Waals surface area contributed by atoms with Crippen molar-refractivity contribution in [1.82, 2.24) is 4.90 Å². The highest BCUT2D eigenvalue weighted by Crippen LogP contribution is 2.38. The van der Waals surface area contributed by atoms with Gasteiger partial charge in [-0.2, -0.15) is 0 Å². The maximum Gasteiger partial charge on any atom is 0.148 e. The summed E-state index contributed by atoms with van der Waals surface area (Å²) in [5.41, 5.74) is 1.07. The molecule has 1 unspecified atom stereocenters. The third-order valence-corrected chi connectivity index (χ3v) is 4.83. The van der Waals surface area contributed by atoms with Crippen molar-refractivity contribution in [2.45, 2.75) is 18.9 Å². The average Bonchev–Trinajstić information content (AvgIpc) is 2.92. The normalized spacial score (nSPS) is 19.7. The first-order valence-electron chi connectivity index (χ1n) is 7.08. The third-order valence-electron chi connectivity index (χ3n) is 3.91. The lowest BCUT2D eigenvalue weighted by Gasteiger charge is -2.26. The molecule has 0 radical (unpaired) electrons. The van der Waals surface area contributed by atoms with Crippen LogP contribution in [0.25, 0.3) is 0 Å². The Hall–Kier alpha value is -1.27. The molecule has 1 aliphatic rings. The summed E-state index contributed by atoms with van der Waals surface area (Å²) in [7, 11) is 0.351. The molecule has 1 aliphatic heterocycles. The SMILES string of the molecule is COc1ccc(OC)c(C2CCCN2CCS(C)(=O)=O)c1. The molecule has 0 amide bonds. The number of rotatable bonds is 6. The zero-order chi connectivity index (χ0) is 15.5. The fraction of sp³-hybridized carbons (Fsp3) is 0.600. The molecule has 0 aliphatic carbocycles. The average molecular weight is 313 g/mol. The maximum absolute atomic E-state index is 11.4. The Bertz CT molecular complexity index is 585. The molecule has 0 N–H and O–H groups in total. The van der Waals surface area contributed by atoms with Crippen LogP contribution in [0.2, 0.25) is 0 Å². The van der Waals surface area contributed by atoms with Crippen molar-refractivity contribution in [3.63, 3.8) is 0 Å². The second-order valence-corrected chi connectivity index (χ2v) is 7.69. The molecule has 1 fully saturated rings. The van der Waals surface area contributed by atoms with Crippen LogP contribution in [-0.2, 0) is 9.84 Å². The first kappa shape index (κ1) is 16.1. The lowest BCUT2D eigenvalue weighted by molar-refractivity contribution is 0.264. The van der Waals surface area contributed by atoms with Crippen LogP contribution in [0.1, 0.15) is 24.4 Å². The van der Waals surface area contributed by atoms with Gasteiger partial charge in [0.15, 0.2) is 0 Å². The van der Waals surface area contributed by atoms with E-state index in [1.54, 1.807) is 14.2 Å². The van der Waals surface area contributed by atoms with Gasteiger partial charge in [0.1, 0.15) is 21.3 Å². The standard InChI is InChI=1S/C15H23NO4S/c1-19-12-6-7-15(20-2)13(11-12)14-5-4-8-16(14)9-10-21(3,17)18/h6-7,11,14H,4-5,8-10H2,1-3H3. The van der Waals surface area contributed by atoms with Gasteiger partial charge in [-0.1, -0.05) is 0 Å². The number of nitrogens with zero attached hydrogens (tertiary/aromatic N) is 1. The monoisotopic (exact) mass is 313 g/mol. The van der Waals surface area contributed by atoms with E-state index in [0.717, 1.165) is 36.4 Å². The molecule has 0 spiro atoms. The molecule has 21 heavy (non-hydrogen) atoms. The quantitative estimate of drug-likeness (QED) is 0.803. The van der Waals surface area contributed by atoms with Gasteiger partial charge in [0, 0.05) is 24.4 Å². The Morgan fingerprint density at radius 2 is 2.05 bits per heavy atom. The molecule has 5 nitrogen and oxygen atoms in total. The summed E-state index contributed by atoms with van der Waals surface area (Å²) in [4.78, 5) is 2.22. The number of sulfone groups is 1. The largest absolute Gasteiger partial charge is 0.497 e. The second-order valence-electron chi connectivity index (χ2n) is 5.43. The molecule has 0 bridgehead atoms. The van der Waals surface area contributed by atoms with Crippen LogP contribution in [0.4, 0.5) is 0 Å². The van der Waals surface area contributed by atoms with E-state index in [2.05, 4.69) is 4.90 Å². The topological polar surface area (TPSA) is 55.8 Å². The molecule has 1 heterocycles. The van der Waals surface area contributed by atoms with Crippen LogP contribution in [0, 0.1) is 0 Å². The second kappa shape index (κ2) is 6.66. The number of ether oxygens (including phenoxy) is 2. The summed E-state index contributed by atoms with van der Waals surface area (Å²) in [5.74, 6) is 1.81. The number of benzene rings is 1. The molecule has 1 aromatic carbocycles. The van der Waals surface area contributed by atoms with Gasteiger partial charge in [0.2, 0.25) is 0 Å². The first-order valence-corrected chi connectivity index (χ1v) is 9.14. The highest BCUT2D eigenvalue weighted by Gasteiger charge is 2.29. The first-order chi connectivity index (χ1) is 9.94. The maximum atomic E-state index is 11.4. The predicted octanol–water partition coefficient (Wildman–Crippen LogP) is 1.89. The molecule has 0 saturated carbocycles. The van der Waals surface area contributed by atoms with Crippen LogP contribution in [-0.4, -0.2) is 52.6 Å². The van der Waals surface area contributed by atoms with Crippen LogP contribution >= 0.6 is 0 Å². The van der Waals surface area contributed by atoms with Gasteiger partial charge in [-0.25, -0.2) is 8.42 Å². The van der Waals surface area contributed by atoms with E-state index < -0.39 is 9.84 Å². The van der Waals surface area contributed by atoms with Crippen molar-refractivity contribution in [2.75, 3.05) is 39.3 Å². The summed E-state index contributed by atoms with van der Waals surface area (Å²) in [5, 5.41) is 0. The number of hydrogen-bond donors (Lipinski definition) is 0. The van der Waals surface area contributed by atoms with Crippen LogP contribution in [0.3, 0.4) is 0 Å². The minimum Gasteiger partial charge on any atom is -0.497 e. The lowest BCUT2D eigenvalue weighted by atomic mass is 10.0. The van der Waals surface area contributed by atoms with Gasteiger partial charge >= 0.3 is 0 Å². The highest BCUT2D eigenvalue weighted by atomic mass is 32.2. The minimum atomic E-state index is -2.94. The molecule has 1 atom stereocenters. The number of likely N-dealkylation sites (tertiary alicyclic amines) is 1. The molecule has 2 rings (SSSR count). The van der Waals surface area contributed by atoms with E-state index in [1.165, 1.54) is 6.26 Å². The molecule has 1 saturated heterocycles. The van der Waals surface area contributed by atoms with Crippen LogP contribution in [0.15, 0.2) is 18.2 Å². The van der Waals surface area contributed by atoms with Gasteiger partial charge in [-0.05, 0) is 37.6 Å². The fourth-order valence-corrected chi connectivity index (χ4v) is 3.40. The molecular weight excluding hydrogens is 290 g/mol.